The van der Waals surface area contributed by atoms with Crippen molar-refractivity contribution >= 4 is 11.6 Å². The number of aromatic nitrogens is 1. The van der Waals surface area contributed by atoms with E-state index in [1.165, 1.54) is 12.1 Å². The van der Waals surface area contributed by atoms with Crippen LogP contribution in [0.2, 0.25) is 5.02 Å². The third-order valence-electron chi connectivity index (χ3n) is 3.70. The van der Waals surface area contributed by atoms with E-state index in [0.29, 0.717) is 30.8 Å². The van der Waals surface area contributed by atoms with Crippen LogP contribution < -0.4 is 10.1 Å². The third kappa shape index (κ3) is 3.62. The molecule has 3 nitrogen and oxygen atoms in total. The average molecular weight is 361 g/mol. The fourth-order valence-electron chi connectivity index (χ4n) is 2.47. The average Bonchev–Trinajstić information content (AvgIpc) is 2.52. The highest BCUT2D eigenvalue weighted by atomic mass is 35.5. The molecule has 3 rings (SSSR count). The summed E-state index contributed by atoms with van der Waals surface area (Å²) in [5.41, 5.74) is 0.217. The summed E-state index contributed by atoms with van der Waals surface area (Å²) < 4.78 is 58.7. The van der Waals surface area contributed by atoms with Crippen LogP contribution in [0.15, 0.2) is 24.3 Å². The Bertz CT molecular complexity index is 764. The number of nitrogens with zero attached hydrogens (tertiary/aromatic N) is 1. The molecule has 0 bridgehead atoms. The number of benzene rings is 1. The maximum Gasteiger partial charge on any atom is 0.421 e. The predicted molar refractivity (Wildman–Crippen MR) is 80.4 cm³/mol. The molecule has 0 unspecified atom stereocenters. The molecule has 0 spiro atoms. The summed E-state index contributed by atoms with van der Waals surface area (Å²) >= 11 is 5.65. The van der Waals surface area contributed by atoms with Gasteiger partial charge in [-0.15, -0.1) is 0 Å². The second-order valence-corrected chi connectivity index (χ2v) is 5.83. The first-order chi connectivity index (χ1) is 11.3. The van der Waals surface area contributed by atoms with Crippen LogP contribution in [0.1, 0.15) is 22.4 Å². The summed E-state index contributed by atoms with van der Waals surface area (Å²) in [4.78, 5) is 3.99. The lowest BCUT2D eigenvalue weighted by Crippen LogP contribution is -2.26. The second kappa shape index (κ2) is 6.57. The topological polar surface area (TPSA) is 34.1 Å². The Hall–Kier alpha value is -1.86. The van der Waals surface area contributed by atoms with Crippen molar-refractivity contribution in [3.05, 3.63) is 57.5 Å². The maximum absolute atomic E-state index is 13.7. The molecular formula is C16H13ClF4N2O. The van der Waals surface area contributed by atoms with Crippen molar-refractivity contribution in [2.45, 2.75) is 25.7 Å². The number of rotatable bonds is 3. The molecule has 2 aromatic rings. The predicted octanol–water partition coefficient (Wildman–Crippen LogP) is 4.12. The van der Waals surface area contributed by atoms with E-state index in [2.05, 4.69) is 10.3 Å². The number of nitrogens with one attached hydrogen (secondary N) is 1. The highest BCUT2D eigenvalue weighted by Gasteiger charge is 2.36. The monoisotopic (exact) mass is 360 g/mol. The quantitative estimate of drug-likeness (QED) is 0.836. The molecule has 2 heterocycles. The lowest BCUT2D eigenvalue weighted by Gasteiger charge is -2.20. The molecule has 0 amide bonds. The van der Waals surface area contributed by atoms with Crippen LogP contribution in [0.5, 0.6) is 5.88 Å². The minimum absolute atomic E-state index is 0.102. The third-order valence-corrected chi connectivity index (χ3v) is 3.94. The maximum atomic E-state index is 13.7. The first-order valence-electron chi connectivity index (χ1n) is 7.22. The van der Waals surface area contributed by atoms with E-state index in [1.54, 1.807) is 0 Å². The van der Waals surface area contributed by atoms with E-state index >= 15 is 0 Å². The summed E-state index contributed by atoms with van der Waals surface area (Å²) in [6.07, 6.45) is -4.13. The van der Waals surface area contributed by atoms with Gasteiger partial charge in [0.2, 0.25) is 5.88 Å². The molecule has 1 N–H and O–H groups in total. The van der Waals surface area contributed by atoms with Crippen LogP contribution in [-0.2, 0) is 25.7 Å². The van der Waals surface area contributed by atoms with Gasteiger partial charge in [0.25, 0.3) is 0 Å². The van der Waals surface area contributed by atoms with Crippen LogP contribution in [0.4, 0.5) is 17.6 Å². The van der Waals surface area contributed by atoms with Crippen molar-refractivity contribution < 1.29 is 22.3 Å². The standard InChI is InChI=1S/C16H13ClF4N2O/c17-11-2-1-10(13(18)6-11)8-24-15-12(16(19,20)21)5-9-3-4-22-7-14(9)23-15/h1-2,5-6,22H,3-4,7-8H2. The lowest BCUT2D eigenvalue weighted by atomic mass is 10.0. The molecule has 8 heteroatoms. The Kier molecular flexibility index (Phi) is 4.64. The van der Waals surface area contributed by atoms with Crippen molar-refractivity contribution in [1.29, 1.82) is 0 Å². The number of hydrogen-bond donors (Lipinski definition) is 1. The second-order valence-electron chi connectivity index (χ2n) is 5.40. The highest BCUT2D eigenvalue weighted by Crippen LogP contribution is 2.37. The zero-order chi connectivity index (χ0) is 17.3. The summed E-state index contributed by atoms with van der Waals surface area (Å²) in [5.74, 6) is -1.19. The van der Waals surface area contributed by atoms with E-state index < -0.39 is 23.4 Å². The number of ether oxygens (including phenoxy) is 1. The van der Waals surface area contributed by atoms with Crippen molar-refractivity contribution in [2.75, 3.05) is 6.54 Å². The summed E-state index contributed by atoms with van der Waals surface area (Å²) in [7, 11) is 0. The molecule has 128 valence electrons. The Morgan fingerprint density at radius 2 is 2.04 bits per heavy atom. The number of hydrogen-bond acceptors (Lipinski definition) is 3. The smallest absolute Gasteiger partial charge is 0.421 e. The highest BCUT2D eigenvalue weighted by molar-refractivity contribution is 6.30. The van der Waals surface area contributed by atoms with Crippen LogP contribution in [0.3, 0.4) is 0 Å². The SMILES string of the molecule is Fc1cc(Cl)ccc1COc1nc2c(cc1C(F)(F)F)CCNC2. The Balaban J connectivity index is 1.91. The van der Waals surface area contributed by atoms with E-state index in [-0.39, 0.29) is 17.2 Å². The van der Waals surface area contributed by atoms with Gasteiger partial charge in [-0.1, -0.05) is 17.7 Å². The van der Waals surface area contributed by atoms with Crippen molar-refractivity contribution in [3.63, 3.8) is 0 Å². The van der Waals surface area contributed by atoms with Gasteiger partial charge in [0.05, 0.1) is 5.69 Å². The molecule has 1 aliphatic heterocycles. The number of fused-ring (bicyclic) bond motifs is 1. The number of halogens is 5. The normalized spacial score (nSPS) is 14.4. The molecule has 1 aromatic heterocycles. The summed E-state index contributed by atoms with van der Waals surface area (Å²) in [5, 5.41) is 3.24. The van der Waals surface area contributed by atoms with E-state index in [1.807, 2.05) is 0 Å². The van der Waals surface area contributed by atoms with Crippen LogP contribution in [0.25, 0.3) is 0 Å². The van der Waals surface area contributed by atoms with Gasteiger partial charge in [-0.25, -0.2) is 9.37 Å². The molecular weight excluding hydrogens is 348 g/mol. The molecule has 0 saturated carbocycles. The van der Waals surface area contributed by atoms with Gasteiger partial charge < -0.3 is 10.1 Å². The molecule has 0 radical (unpaired) electrons. The first kappa shape index (κ1) is 17.0. The van der Waals surface area contributed by atoms with Gasteiger partial charge in [0.1, 0.15) is 18.0 Å². The van der Waals surface area contributed by atoms with E-state index in [4.69, 9.17) is 16.3 Å². The van der Waals surface area contributed by atoms with Crippen LogP contribution >= 0.6 is 11.6 Å². The van der Waals surface area contributed by atoms with Crippen molar-refractivity contribution in [2.24, 2.45) is 0 Å². The minimum atomic E-state index is -4.60. The summed E-state index contributed by atoms with van der Waals surface area (Å²) in [6, 6.07) is 4.95. The van der Waals surface area contributed by atoms with Crippen LogP contribution in [0, 0.1) is 5.82 Å². The first-order valence-corrected chi connectivity index (χ1v) is 7.60. The van der Waals surface area contributed by atoms with Crippen LogP contribution in [-0.4, -0.2) is 11.5 Å². The molecule has 0 fully saturated rings. The van der Waals surface area contributed by atoms with Gasteiger partial charge in [0.15, 0.2) is 0 Å². The minimum Gasteiger partial charge on any atom is -0.472 e. The van der Waals surface area contributed by atoms with E-state index in [9.17, 15) is 17.6 Å². The Morgan fingerprint density at radius 1 is 1.25 bits per heavy atom. The molecule has 0 saturated heterocycles. The zero-order valence-electron chi connectivity index (χ0n) is 12.4. The fourth-order valence-corrected chi connectivity index (χ4v) is 2.63. The molecule has 1 aromatic carbocycles. The zero-order valence-corrected chi connectivity index (χ0v) is 13.1. The lowest BCUT2D eigenvalue weighted by molar-refractivity contribution is -0.139. The number of alkyl halides is 3. The number of pyridine rings is 1. The van der Waals surface area contributed by atoms with Gasteiger partial charge >= 0.3 is 6.18 Å². The molecule has 0 atom stereocenters. The van der Waals surface area contributed by atoms with Gasteiger partial charge in [-0.2, -0.15) is 13.2 Å². The Labute approximate surface area is 140 Å². The Morgan fingerprint density at radius 3 is 2.75 bits per heavy atom. The van der Waals surface area contributed by atoms with E-state index in [0.717, 1.165) is 12.1 Å². The van der Waals surface area contributed by atoms with Gasteiger partial charge in [-0.3, -0.25) is 0 Å². The van der Waals surface area contributed by atoms with Crippen molar-refractivity contribution in [3.8, 4) is 5.88 Å². The van der Waals surface area contributed by atoms with Gasteiger partial charge in [0, 0.05) is 17.1 Å². The summed E-state index contributed by atoms with van der Waals surface area (Å²) in [6.45, 7) is 0.604. The largest absolute Gasteiger partial charge is 0.472 e. The van der Waals surface area contributed by atoms with Crippen molar-refractivity contribution in [1.82, 2.24) is 10.3 Å². The fraction of sp³-hybridized carbons (Fsp3) is 0.312. The van der Waals surface area contributed by atoms with Gasteiger partial charge in [-0.05, 0) is 36.7 Å². The molecule has 0 aliphatic carbocycles. The molecule has 1 aliphatic rings. The molecule has 24 heavy (non-hydrogen) atoms.